The topological polar surface area (TPSA) is 66.9 Å². The van der Waals surface area contributed by atoms with Gasteiger partial charge in [0.1, 0.15) is 0 Å². The third-order valence-electron chi connectivity index (χ3n) is 2.53. The minimum absolute atomic E-state index is 0.00891. The molecule has 1 aliphatic carbocycles. The summed E-state index contributed by atoms with van der Waals surface area (Å²) in [6, 6.07) is 0.378. The molecule has 1 aliphatic rings. The summed E-state index contributed by atoms with van der Waals surface area (Å²) in [5, 5.41) is 5.66. The molecular weight excluding hydrogens is 259 g/mol. The maximum Gasteiger partial charge on any atom is 0.224 e. The van der Waals surface area contributed by atoms with Crippen molar-refractivity contribution in [2.24, 2.45) is 0 Å². The van der Waals surface area contributed by atoms with Gasteiger partial charge in [-0.2, -0.15) is 4.98 Å². The van der Waals surface area contributed by atoms with E-state index >= 15 is 0 Å². The van der Waals surface area contributed by atoms with Gasteiger partial charge >= 0.3 is 0 Å². The minimum Gasteiger partial charge on any atom is -0.367 e. The van der Waals surface area contributed by atoms with Gasteiger partial charge in [0.2, 0.25) is 11.2 Å². The Balaban J connectivity index is 1.67. The summed E-state index contributed by atoms with van der Waals surface area (Å²) in [5.74, 6) is -0.445. The number of carbonyl (C=O) groups is 1. The summed E-state index contributed by atoms with van der Waals surface area (Å²) in [6.45, 7) is 0.461. The Hall–Kier alpha value is -1.43. The molecule has 7 heteroatoms. The molecule has 1 fully saturated rings. The van der Waals surface area contributed by atoms with E-state index in [9.17, 15) is 9.18 Å². The highest BCUT2D eigenvalue weighted by Crippen LogP contribution is 2.18. The molecule has 0 saturated heterocycles. The molecule has 0 radical (unpaired) electrons. The number of anilines is 1. The van der Waals surface area contributed by atoms with Crippen molar-refractivity contribution in [2.45, 2.75) is 31.7 Å². The minimum atomic E-state index is -0.554. The third-order valence-corrected chi connectivity index (χ3v) is 2.71. The maximum atomic E-state index is 13.2. The van der Waals surface area contributed by atoms with Gasteiger partial charge in [0, 0.05) is 19.0 Å². The first-order valence-corrected chi connectivity index (χ1v) is 6.24. The number of halogens is 2. The molecule has 0 atom stereocenters. The predicted octanol–water partition coefficient (Wildman–Crippen LogP) is 1.74. The summed E-state index contributed by atoms with van der Waals surface area (Å²) in [6.07, 6.45) is 4.20. The number of amides is 1. The molecule has 0 unspecified atom stereocenters. The fourth-order valence-corrected chi connectivity index (χ4v) is 1.59. The molecule has 1 saturated carbocycles. The highest BCUT2D eigenvalue weighted by molar-refractivity contribution is 6.28. The van der Waals surface area contributed by atoms with E-state index in [1.54, 1.807) is 0 Å². The van der Waals surface area contributed by atoms with Gasteiger partial charge in [-0.3, -0.25) is 4.79 Å². The zero-order valence-corrected chi connectivity index (χ0v) is 10.5. The summed E-state index contributed by atoms with van der Waals surface area (Å²) in [7, 11) is 0. The first-order chi connectivity index (χ1) is 8.65. The van der Waals surface area contributed by atoms with Crippen LogP contribution in [-0.2, 0) is 4.79 Å². The average Bonchev–Trinajstić information content (AvgIpc) is 3.13. The van der Waals surface area contributed by atoms with Crippen molar-refractivity contribution in [3.63, 3.8) is 0 Å². The number of nitrogens with one attached hydrogen (secondary N) is 2. The van der Waals surface area contributed by atoms with Crippen LogP contribution >= 0.6 is 11.6 Å². The van der Waals surface area contributed by atoms with Crippen LogP contribution in [0.25, 0.3) is 0 Å². The Kier molecular flexibility index (Phi) is 4.30. The molecule has 2 rings (SSSR count). The molecule has 1 amide bonds. The van der Waals surface area contributed by atoms with Gasteiger partial charge in [-0.15, -0.1) is 0 Å². The van der Waals surface area contributed by atoms with Crippen LogP contribution < -0.4 is 10.6 Å². The van der Waals surface area contributed by atoms with Gasteiger partial charge in [-0.05, 0) is 30.9 Å². The second-order valence-electron chi connectivity index (χ2n) is 4.21. The fourth-order valence-electron chi connectivity index (χ4n) is 1.45. The number of nitrogens with zero attached hydrogens (tertiary/aromatic N) is 2. The van der Waals surface area contributed by atoms with Crippen LogP contribution in [0.15, 0.2) is 6.20 Å². The van der Waals surface area contributed by atoms with Crippen molar-refractivity contribution in [3.8, 4) is 0 Å². The second kappa shape index (κ2) is 5.95. The number of hydrogen-bond acceptors (Lipinski definition) is 4. The van der Waals surface area contributed by atoms with Crippen molar-refractivity contribution in [2.75, 3.05) is 11.9 Å². The summed E-state index contributed by atoms with van der Waals surface area (Å²) >= 11 is 5.55. The van der Waals surface area contributed by atoms with Gasteiger partial charge in [-0.25, -0.2) is 9.37 Å². The Bertz CT molecular complexity index is 439. The SMILES string of the molecule is O=C(CCCNc1nc(Cl)ncc1F)NC1CC1. The van der Waals surface area contributed by atoms with Crippen molar-refractivity contribution >= 4 is 23.3 Å². The van der Waals surface area contributed by atoms with Crippen molar-refractivity contribution in [3.05, 3.63) is 17.3 Å². The first kappa shape index (κ1) is 13.0. The molecule has 0 aliphatic heterocycles. The molecule has 18 heavy (non-hydrogen) atoms. The van der Waals surface area contributed by atoms with E-state index in [0.717, 1.165) is 19.0 Å². The molecule has 98 valence electrons. The van der Waals surface area contributed by atoms with Crippen molar-refractivity contribution in [1.82, 2.24) is 15.3 Å². The quantitative estimate of drug-likeness (QED) is 0.611. The lowest BCUT2D eigenvalue weighted by Gasteiger charge is -2.06. The van der Waals surface area contributed by atoms with E-state index in [2.05, 4.69) is 20.6 Å². The summed E-state index contributed by atoms with van der Waals surface area (Å²) < 4.78 is 13.2. The molecule has 2 N–H and O–H groups in total. The van der Waals surface area contributed by atoms with E-state index < -0.39 is 5.82 Å². The van der Waals surface area contributed by atoms with Crippen LogP contribution in [0.2, 0.25) is 5.28 Å². The highest BCUT2D eigenvalue weighted by atomic mass is 35.5. The maximum absolute atomic E-state index is 13.2. The van der Waals surface area contributed by atoms with E-state index in [1.807, 2.05) is 0 Å². The molecule has 1 heterocycles. The van der Waals surface area contributed by atoms with Crippen LogP contribution in [-0.4, -0.2) is 28.5 Å². The zero-order chi connectivity index (χ0) is 13.0. The van der Waals surface area contributed by atoms with Crippen LogP contribution in [0, 0.1) is 5.82 Å². The Labute approximate surface area is 109 Å². The van der Waals surface area contributed by atoms with Gasteiger partial charge < -0.3 is 10.6 Å². The normalized spacial score (nSPS) is 14.3. The molecule has 0 aromatic carbocycles. The smallest absolute Gasteiger partial charge is 0.224 e. The molecule has 0 bridgehead atoms. The Morgan fingerprint density at radius 2 is 2.33 bits per heavy atom. The first-order valence-electron chi connectivity index (χ1n) is 5.86. The number of hydrogen-bond donors (Lipinski definition) is 2. The van der Waals surface area contributed by atoms with Crippen LogP contribution in [0.4, 0.5) is 10.2 Å². The molecule has 5 nitrogen and oxygen atoms in total. The lowest BCUT2D eigenvalue weighted by molar-refractivity contribution is -0.121. The van der Waals surface area contributed by atoms with E-state index in [4.69, 9.17) is 11.6 Å². The largest absolute Gasteiger partial charge is 0.367 e. The molecule has 1 aromatic rings. The Morgan fingerprint density at radius 3 is 3.06 bits per heavy atom. The lowest BCUT2D eigenvalue weighted by Crippen LogP contribution is -2.25. The standard InChI is InChI=1S/C11H14ClFN4O/c12-11-15-6-8(13)10(17-11)14-5-1-2-9(18)16-7-3-4-7/h6-7H,1-5H2,(H,16,18)(H,14,15,17). The molecule has 0 spiro atoms. The summed E-state index contributed by atoms with van der Waals surface area (Å²) in [5.41, 5.74) is 0. The zero-order valence-electron chi connectivity index (χ0n) is 9.75. The highest BCUT2D eigenvalue weighted by Gasteiger charge is 2.22. The second-order valence-corrected chi connectivity index (χ2v) is 4.55. The van der Waals surface area contributed by atoms with Gasteiger partial charge in [0.25, 0.3) is 0 Å². The number of rotatable bonds is 6. The van der Waals surface area contributed by atoms with E-state index in [-0.39, 0.29) is 17.0 Å². The molecular formula is C11H14ClFN4O. The number of carbonyl (C=O) groups excluding carboxylic acids is 1. The third kappa shape index (κ3) is 4.10. The van der Waals surface area contributed by atoms with Crippen LogP contribution in [0.3, 0.4) is 0 Å². The van der Waals surface area contributed by atoms with Gasteiger partial charge in [0.05, 0.1) is 6.20 Å². The summed E-state index contributed by atoms with van der Waals surface area (Å²) in [4.78, 5) is 18.6. The monoisotopic (exact) mass is 272 g/mol. The Morgan fingerprint density at radius 1 is 1.56 bits per heavy atom. The lowest BCUT2D eigenvalue weighted by atomic mass is 10.3. The average molecular weight is 273 g/mol. The van der Waals surface area contributed by atoms with E-state index in [0.29, 0.717) is 25.4 Å². The number of aromatic nitrogens is 2. The molecule has 1 aromatic heterocycles. The van der Waals surface area contributed by atoms with Gasteiger partial charge in [0.15, 0.2) is 11.6 Å². The van der Waals surface area contributed by atoms with Crippen molar-refractivity contribution in [1.29, 1.82) is 0 Å². The van der Waals surface area contributed by atoms with Crippen molar-refractivity contribution < 1.29 is 9.18 Å². The predicted molar refractivity (Wildman–Crippen MR) is 65.9 cm³/mol. The van der Waals surface area contributed by atoms with Gasteiger partial charge in [-0.1, -0.05) is 0 Å². The van der Waals surface area contributed by atoms with Crippen LogP contribution in [0.5, 0.6) is 0 Å². The van der Waals surface area contributed by atoms with E-state index in [1.165, 1.54) is 0 Å². The van der Waals surface area contributed by atoms with Crippen LogP contribution in [0.1, 0.15) is 25.7 Å². The fraction of sp³-hybridized carbons (Fsp3) is 0.545.